The van der Waals surface area contributed by atoms with Crippen LogP contribution in [-0.2, 0) is 0 Å². The molecular formula is C48H30O. The average molecular weight is 627 g/mol. The largest absolute Gasteiger partial charge is 0.456 e. The summed E-state index contributed by atoms with van der Waals surface area (Å²) in [5, 5.41) is 7.87. The molecule has 10 rings (SSSR count). The number of hydrogen-bond acceptors (Lipinski definition) is 1. The van der Waals surface area contributed by atoms with Crippen LogP contribution < -0.4 is 0 Å². The Hall–Kier alpha value is -6.44. The summed E-state index contributed by atoms with van der Waals surface area (Å²) in [6.45, 7) is 0. The van der Waals surface area contributed by atoms with Gasteiger partial charge in [0.25, 0.3) is 0 Å². The van der Waals surface area contributed by atoms with Crippen LogP contribution in [-0.4, -0.2) is 0 Å². The zero-order chi connectivity index (χ0) is 35.8. The molecule has 1 nitrogen and oxygen atoms in total. The maximum absolute atomic E-state index is 9.50. The molecule has 0 bridgehead atoms. The van der Waals surface area contributed by atoms with Gasteiger partial charge in [0.15, 0.2) is 0 Å². The van der Waals surface area contributed by atoms with E-state index in [0.717, 1.165) is 65.5 Å². The highest BCUT2D eigenvalue weighted by atomic mass is 16.3. The van der Waals surface area contributed by atoms with E-state index in [4.69, 9.17) is 4.42 Å². The Morgan fingerprint density at radius 3 is 1.65 bits per heavy atom. The monoisotopic (exact) mass is 626 g/mol. The molecule has 1 aromatic heterocycles. The highest BCUT2D eigenvalue weighted by Crippen LogP contribution is 2.44. The van der Waals surface area contributed by atoms with Crippen molar-refractivity contribution in [2.75, 3.05) is 0 Å². The lowest BCUT2D eigenvalue weighted by molar-refractivity contribution is 0.669. The summed E-state index contributed by atoms with van der Waals surface area (Å²) in [5.74, 6) is 0. The van der Waals surface area contributed by atoms with Crippen LogP contribution >= 0.6 is 0 Å². The Morgan fingerprint density at radius 2 is 0.939 bits per heavy atom. The second-order valence-corrected chi connectivity index (χ2v) is 12.5. The summed E-state index contributed by atoms with van der Waals surface area (Å²) in [5.41, 5.74) is 7.55. The smallest absolute Gasteiger partial charge is 0.136 e. The average Bonchev–Trinajstić information content (AvgIpc) is 3.58. The van der Waals surface area contributed by atoms with Crippen LogP contribution in [0.2, 0.25) is 0 Å². The summed E-state index contributed by atoms with van der Waals surface area (Å²) >= 11 is 0. The molecule has 10 aromatic rings. The molecule has 1 heterocycles. The number of hydrogen-bond donors (Lipinski definition) is 0. The molecule has 0 N–H and O–H groups in total. The highest BCUT2D eigenvalue weighted by molar-refractivity contribution is 6.21. The minimum atomic E-state index is -0.0804. The molecule has 0 aliphatic rings. The molecule has 0 unspecified atom stereocenters. The van der Waals surface area contributed by atoms with Crippen molar-refractivity contribution in [3.8, 4) is 44.5 Å². The lowest BCUT2D eigenvalue weighted by Crippen LogP contribution is -1.90. The van der Waals surface area contributed by atoms with E-state index < -0.39 is 0 Å². The van der Waals surface area contributed by atoms with Crippen molar-refractivity contribution < 1.29 is 9.90 Å². The van der Waals surface area contributed by atoms with Crippen LogP contribution in [0.15, 0.2) is 186 Å². The standard InChI is InChI=1S/C48H30O/c1-2-12-33(13-3-1)46-39-15-6-8-17-41(39)47(42-18-9-7-16-40(42)46)34-24-21-32(22-25-34)36-27-28-44-43(30-36)48-38(19-10-20-45(48)49-44)37-26-23-31-11-4-5-14-35(31)29-37/h1-30H/i21D,22D,24D,25D. The minimum absolute atomic E-state index is 0.0715. The number of rotatable bonds is 4. The van der Waals surface area contributed by atoms with Gasteiger partial charge in [0.1, 0.15) is 11.2 Å². The lowest BCUT2D eigenvalue weighted by atomic mass is 9.85. The van der Waals surface area contributed by atoms with E-state index in [2.05, 4.69) is 60.7 Å². The summed E-state index contributed by atoms with van der Waals surface area (Å²) in [4.78, 5) is 0. The van der Waals surface area contributed by atoms with Crippen molar-refractivity contribution in [1.82, 2.24) is 0 Å². The van der Waals surface area contributed by atoms with E-state index in [9.17, 15) is 5.48 Å². The third-order valence-corrected chi connectivity index (χ3v) is 9.71. The Balaban J connectivity index is 1.20. The highest BCUT2D eigenvalue weighted by Gasteiger charge is 2.17. The first-order valence-corrected chi connectivity index (χ1v) is 16.5. The molecule has 0 aliphatic heterocycles. The number of fused-ring (bicyclic) bond motifs is 6. The van der Waals surface area contributed by atoms with E-state index in [1.807, 2.05) is 97.1 Å². The van der Waals surface area contributed by atoms with Gasteiger partial charge >= 0.3 is 0 Å². The number of benzene rings is 9. The number of furan rings is 1. The maximum atomic E-state index is 9.50. The van der Waals surface area contributed by atoms with Crippen LogP contribution in [0.5, 0.6) is 0 Å². The van der Waals surface area contributed by atoms with Crippen LogP contribution in [0.4, 0.5) is 0 Å². The molecular weight excluding hydrogens is 593 g/mol. The molecule has 9 aromatic carbocycles. The third-order valence-electron chi connectivity index (χ3n) is 9.71. The molecule has 0 spiro atoms. The van der Waals surface area contributed by atoms with Crippen LogP contribution in [0.1, 0.15) is 5.48 Å². The van der Waals surface area contributed by atoms with Crippen LogP contribution in [0.25, 0.3) is 98.8 Å². The van der Waals surface area contributed by atoms with E-state index >= 15 is 0 Å². The Labute approximate surface area is 289 Å². The summed E-state index contributed by atoms with van der Waals surface area (Å²) in [6.07, 6.45) is 0. The predicted molar refractivity (Wildman–Crippen MR) is 208 cm³/mol. The van der Waals surface area contributed by atoms with Crippen molar-refractivity contribution in [1.29, 1.82) is 0 Å². The molecule has 0 radical (unpaired) electrons. The first-order valence-electron chi connectivity index (χ1n) is 18.5. The van der Waals surface area contributed by atoms with Crippen molar-refractivity contribution in [2.24, 2.45) is 0 Å². The van der Waals surface area contributed by atoms with Crippen LogP contribution in [0, 0.1) is 0 Å². The van der Waals surface area contributed by atoms with Gasteiger partial charge in [-0.3, -0.25) is 0 Å². The molecule has 0 fully saturated rings. The van der Waals surface area contributed by atoms with Gasteiger partial charge in [-0.25, -0.2) is 0 Å². The van der Waals surface area contributed by atoms with Crippen LogP contribution in [0.3, 0.4) is 0 Å². The first-order chi connectivity index (χ1) is 26.0. The fourth-order valence-electron chi connectivity index (χ4n) is 7.48. The van der Waals surface area contributed by atoms with Gasteiger partial charge in [0, 0.05) is 10.8 Å². The summed E-state index contributed by atoms with van der Waals surface area (Å²) in [6, 6.07) is 52.6. The van der Waals surface area contributed by atoms with Crippen molar-refractivity contribution >= 4 is 54.3 Å². The molecule has 1 heteroatoms. The fraction of sp³-hybridized carbons (Fsp3) is 0. The zero-order valence-corrected chi connectivity index (χ0v) is 26.4. The van der Waals surface area contributed by atoms with Gasteiger partial charge in [-0.05, 0) is 101 Å². The van der Waals surface area contributed by atoms with Gasteiger partial charge in [-0.2, -0.15) is 0 Å². The predicted octanol–water partition coefficient (Wildman–Crippen LogP) is 13.7. The molecule has 0 amide bonds. The van der Waals surface area contributed by atoms with E-state index in [0.29, 0.717) is 22.3 Å². The van der Waals surface area contributed by atoms with E-state index in [1.54, 1.807) is 0 Å². The van der Waals surface area contributed by atoms with Gasteiger partial charge in [-0.15, -0.1) is 0 Å². The lowest BCUT2D eigenvalue weighted by Gasteiger charge is -2.18. The second kappa shape index (κ2) is 11.1. The Bertz CT molecular complexity index is 3020. The first kappa shape index (κ1) is 23.8. The van der Waals surface area contributed by atoms with Gasteiger partial charge in [0.2, 0.25) is 0 Å². The third kappa shape index (κ3) is 4.47. The molecule has 0 saturated heterocycles. The molecule has 228 valence electrons. The molecule has 49 heavy (non-hydrogen) atoms. The Morgan fingerprint density at radius 1 is 0.347 bits per heavy atom. The normalized spacial score (nSPS) is 12.8. The van der Waals surface area contributed by atoms with Gasteiger partial charge in [0.05, 0.1) is 5.48 Å². The fourth-order valence-corrected chi connectivity index (χ4v) is 7.48. The summed E-state index contributed by atoms with van der Waals surface area (Å²) < 4.78 is 44.2. The quantitative estimate of drug-likeness (QED) is 0.177. The minimum Gasteiger partial charge on any atom is -0.456 e. The summed E-state index contributed by atoms with van der Waals surface area (Å²) in [7, 11) is 0. The van der Waals surface area contributed by atoms with Crippen molar-refractivity contribution in [3.05, 3.63) is 182 Å². The van der Waals surface area contributed by atoms with Crippen molar-refractivity contribution in [2.45, 2.75) is 0 Å². The van der Waals surface area contributed by atoms with E-state index in [-0.39, 0.29) is 29.7 Å². The SMILES string of the molecule is [2H]c1c([2H])c(-c2c3ccccc3c(-c3ccccc3)c3ccccc23)c([2H])c([2H])c1-c1ccc2oc3cccc(-c4ccc5ccccc5c4)c3c2c1. The maximum Gasteiger partial charge on any atom is 0.136 e. The molecule has 0 saturated carbocycles. The Kier molecular flexibility index (Phi) is 5.38. The second-order valence-electron chi connectivity index (χ2n) is 12.5. The van der Waals surface area contributed by atoms with E-state index in [1.165, 1.54) is 5.39 Å². The zero-order valence-electron chi connectivity index (χ0n) is 30.4. The molecule has 0 atom stereocenters. The van der Waals surface area contributed by atoms with Crippen molar-refractivity contribution in [3.63, 3.8) is 0 Å². The topological polar surface area (TPSA) is 13.1 Å². The van der Waals surface area contributed by atoms with Gasteiger partial charge < -0.3 is 4.42 Å². The van der Waals surface area contributed by atoms with Gasteiger partial charge in [-0.1, -0.05) is 158 Å². The molecule has 0 aliphatic carbocycles.